The molecule has 0 saturated heterocycles. The third kappa shape index (κ3) is 2.82. The fourth-order valence-electron chi connectivity index (χ4n) is 1.32. The van der Waals surface area contributed by atoms with Gasteiger partial charge in [0, 0.05) is 7.05 Å². The number of nitrogens with zero attached hydrogens (tertiary/aromatic N) is 3. The maximum absolute atomic E-state index is 11.7. The number of amides is 1. The second-order valence-corrected chi connectivity index (χ2v) is 3.60. The molecule has 2 N–H and O–H groups in total. The summed E-state index contributed by atoms with van der Waals surface area (Å²) >= 11 is 0. The van der Waals surface area contributed by atoms with Gasteiger partial charge in [-0.2, -0.15) is 0 Å². The molecule has 0 aliphatic heterocycles. The molecule has 2 heterocycles. The number of nitrogens with one attached hydrogen (secondary N) is 2. The highest BCUT2D eigenvalue weighted by Gasteiger charge is 2.09. The average molecular weight is 247 g/mol. The summed E-state index contributed by atoms with van der Waals surface area (Å²) < 4.78 is 5.23. The number of carbonyl (C=O) groups excluding carboxylic acids is 1. The van der Waals surface area contributed by atoms with Gasteiger partial charge >= 0.3 is 0 Å². The first-order valence-corrected chi connectivity index (χ1v) is 5.40. The monoisotopic (exact) mass is 247 g/mol. The minimum atomic E-state index is -0.319. The van der Waals surface area contributed by atoms with Crippen molar-refractivity contribution < 1.29 is 9.21 Å². The molecule has 2 rings (SSSR count). The van der Waals surface area contributed by atoms with Gasteiger partial charge in [-0.1, -0.05) is 0 Å². The number of hydrogen-bond acceptors (Lipinski definition) is 6. The molecule has 18 heavy (non-hydrogen) atoms. The molecule has 0 aromatic carbocycles. The van der Waals surface area contributed by atoms with E-state index in [4.69, 9.17) is 4.42 Å². The predicted molar refractivity (Wildman–Crippen MR) is 64.0 cm³/mol. The molecule has 0 fully saturated rings. The SMILES string of the molecule is CNc1ccc(C(=O)NCc2ncc(C)o2)nn1. The lowest BCUT2D eigenvalue weighted by molar-refractivity contribution is 0.0941. The molecule has 1 amide bonds. The van der Waals surface area contributed by atoms with E-state index < -0.39 is 0 Å². The second kappa shape index (κ2) is 5.26. The summed E-state index contributed by atoms with van der Waals surface area (Å²) in [6, 6.07) is 3.27. The molecule has 7 heteroatoms. The number of rotatable bonds is 4. The Morgan fingerprint density at radius 3 is 2.78 bits per heavy atom. The number of hydrogen-bond donors (Lipinski definition) is 2. The van der Waals surface area contributed by atoms with Gasteiger partial charge in [-0.05, 0) is 19.1 Å². The summed E-state index contributed by atoms with van der Waals surface area (Å²) in [5.41, 5.74) is 0.247. The van der Waals surface area contributed by atoms with Crippen LogP contribution in [-0.2, 0) is 6.54 Å². The van der Waals surface area contributed by atoms with E-state index in [-0.39, 0.29) is 18.1 Å². The standard InChI is InChI=1S/C11H13N5O2/c1-7-5-13-10(18-7)6-14-11(17)8-3-4-9(12-2)16-15-8/h3-5H,6H2,1-2H3,(H,12,16)(H,14,17). The van der Waals surface area contributed by atoms with Crippen molar-refractivity contribution in [2.45, 2.75) is 13.5 Å². The maximum atomic E-state index is 11.7. The van der Waals surface area contributed by atoms with Crippen LogP contribution in [0.3, 0.4) is 0 Å². The van der Waals surface area contributed by atoms with Crippen LogP contribution in [0.5, 0.6) is 0 Å². The zero-order valence-electron chi connectivity index (χ0n) is 10.1. The van der Waals surface area contributed by atoms with Crippen molar-refractivity contribution in [1.29, 1.82) is 0 Å². The van der Waals surface area contributed by atoms with Gasteiger partial charge in [-0.3, -0.25) is 4.79 Å². The Balaban J connectivity index is 1.94. The molecule has 0 radical (unpaired) electrons. The molecule has 2 aromatic rings. The third-order valence-corrected chi connectivity index (χ3v) is 2.22. The lowest BCUT2D eigenvalue weighted by Gasteiger charge is -2.02. The van der Waals surface area contributed by atoms with Crippen LogP contribution in [-0.4, -0.2) is 28.1 Å². The average Bonchev–Trinajstić information content (AvgIpc) is 2.82. The van der Waals surface area contributed by atoms with Gasteiger partial charge in [-0.15, -0.1) is 10.2 Å². The molecule has 0 unspecified atom stereocenters. The van der Waals surface area contributed by atoms with Crippen LogP contribution < -0.4 is 10.6 Å². The Kier molecular flexibility index (Phi) is 3.52. The van der Waals surface area contributed by atoms with Crippen LogP contribution in [0.1, 0.15) is 22.1 Å². The van der Waals surface area contributed by atoms with E-state index in [1.54, 1.807) is 32.3 Å². The molecule has 7 nitrogen and oxygen atoms in total. The number of oxazole rings is 1. The van der Waals surface area contributed by atoms with Crippen LogP contribution in [0.25, 0.3) is 0 Å². The predicted octanol–water partition coefficient (Wildman–Crippen LogP) is 0.745. The lowest BCUT2D eigenvalue weighted by Crippen LogP contribution is -2.24. The topological polar surface area (TPSA) is 92.9 Å². The zero-order valence-corrected chi connectivity index (χ0v) is 10.1. The van der Waals surface area contributed by atoms with Gasteiger partial charge in [0.15, 0.2) is 5.69 Å². The minimum Gasteiger partial charge on any atom is -0.444 e. The maximum Gasteiger partial charge on any atom is 0.272 e. The highest BCUT2D eigenvalue weighted by Crippen LogP contribution is 2.03. The highest BCUT2D eigenvalue weighted by molar-refractivity contribution is 5.92. The van der Waals surface area contributed by atoms with Crippen molar-refractivity contribution >= 4 is 11.7 Å². The molecular formula is C11H13N5O2. The van der Waals surface area contributed by atoms with Crippen molar-refractivity contribution in [2.75, 3.05) is 12.4 Å². The Labute approximate surface area is 104 Å². The summed E-state index contributed by atoms with van der Waals surface area (Å²) in [7, 11) is 1.73. The number of carbonyl (C=O) groups is 1. The van der Waals surface area contributed by atoms with Crippen molar-refractivity contribution in [2.24, 2.45) is 0 Å². The van der Waals surface area contributed by atoms with Gasteiger partial charge in [0.2, 0.25) is 5.89 Å². The van der Waals surface area contributed by atoms with Crippen LogP contribution in [0.2, 0.25) is 0 Å². The molecule has 0 atom stereocenters. The van der Waals surface area contributed by atoms with E-state index in [2.05, 4.69) is 25.8 Å². The molecular weight excluding hydrogens is 234 g/mol. The molecule has 0 bridgehead atoms. The van der Waals surface area contributed by atoms with E-state index in [1.807, 2.05) is 0 Å². The summed E-state index contributed by atoms with van der Waals surface area (Å²) in [5.74, 6) is 1.45. The minimum absolute atomic E-state index is 0.224. The molecule has 0 aliphatic rings. The number of aryl methyl sites for hydroxylation is 1. The first-order chi connectivity index (χ1) is 8.69. The fourth-order valence-corrected chi connectivity index (χ4v) is 1.32. The van der Waals surface area contributed by atoms with E-state index >= 15 is 0 Å². The van der Waals surface area contributed by atoms with Gasteiger partial charge in [0.1, 0.15) is 11.6 Å². The van der Waals surface area contributed by atoms with Gasteiger partial charge < -0.3 is 15.1 Å². The number of aromatic nitrogens is 3. The summed E-state index contributed by atoms with van der Waals surface area (Å²) in [6.07, 6.45) is 1.60. The molecule has 0 aliphatic carbocycles. The summed E-state index contributed by atoms with van der Waals surface area (Å²) in [6.45, 7) is 2.02. The third-order valence-electron chi connectivity index (χ3n) is 2.22. The van der Waals surface area contributed by atoms with Crippen molar-refractivity contribution in [1.82, 2.24) is 20.5 Å². The van der Waals surface area contributed by atoms with Crippen molar-refractivity contribution in [3.8, 4) is 0 Å². The Morgan fingerprint density at radius 1 is 1.39 bits per heavy atom. The van der Waals surface area contributed by atoms with Crippen LogP contribution in [0.4, 0.5) is 5.82 Å². The smallest absolute Gasteiger partial charge is 0.272 e. The molecule has 0 saturated carbocycles. The first kappa shape index (κ1) is 12.0. The van der Waals surface area contributed by atoms with E-state index in [0.29, 0.717) is 17.5 Å². The zero-order chi connectivity index (χ0) is 13.0. The second-order valence-electron chi connectivity index (χ2n) is 3.60. The van der Waals surface area contributed by atoms with E-state index in [9.17, 15) is 4.79 Å². The quantitative estimate of drug-likeness (QED) is 0.828. The van der Waals surface area contributed by atoms with Crippen molar-refractivity contribution in [3.05, 3.63) is 35.7 Å². The normalized spacial score (nSPS) is 10.1. The first-order valence-electron chi connectivity index (χ1n) is 5.40. The number of anilines is 1. The molecule has 2 aromatic heterocycles. The largest absolute Gasteiger partial charge is 0.444 e. The lowest BCUT2D eigenvalue weighted by atomic mass is 10.3. The van der Waals surface area contributed by atoms with Crippen LogP contribution in [0, 0.1) is 6.92 Å². The van der Waals surface area contributed by atoms with Gasteiger partial charge in [-0.25, -0.2) is 4.98 Å². The van der Waals surface area contributed by atoms with Crippen LogP contribution >= 0.6 is 0 Å². The fraction of sp³-hybridized carbons (Fsp3) is 0.273. The Morgan fingerprint density at radius 2 is 2.22 bits per heavy atom. The molecule has 94 valence electrons. The Hall–Kier alpha value is -2.44. The summed E-state index contributed by atoms with van der Waals surface area (Å²) in [4.78, 5) is 15.7. The highest BCUT2D eigenvalue weighted by atomic mass is 16.4. The van der Waals surface area contributed by atoms with Gasteiger partial charge in [0.25, 0.3) is 5.91 Å². The summed E-state index contributed by atoms with van der Waals surface area (Å²) in [5, 5.41) is 13.1. The van der Waals surface area contributed by atoms with E-state index in [1.165, 1.54) is 0 Å². The molecule has 0 spiro atoms. The van der Waals surface area contributed by atoms with Crippen LogP contribution in [0.15, 0.2) is 22.7 Å². The van der Waals surface area contributed by atoms with Gasteiger partial charge in [0.05, 0.1) is 12.7 Å². The van der Waals surface area contributed by atoms with Crippen molar-refractivity contribution in [3.63, 3.8) is 0 Å². The van der Waals surface area contributed by atoms with E-state index in [0.717, 1.165) is 0 Å². The Bertz CT molecular complexity index is 535.